The molecule has 3 N–H and O–H groups in total. The van der Waals surface area contributed by atoms with Crippen LogP contribution in [0.2, 0.25) is 0 Å². The van der Waals surface area contributed by atoms with E-state index in [9.17, 15) is 4.79 Å². The number of carbonyl (C=O) groups is 1. The summed E-state index contributed by atoms with van der Waals surface area (Å²) in [6.45, 7) is 0.686. The number of carbonyl (C=O) groups excluding carboxylic acids is 1. The molecule has 1 aromatic carbocycles. The number of ether oxygens (including phenoxy) is 1. The fourth-order valence-corrected chi connectivity index (χ4v) is 3.00. The monoisotopic (exact) mass is 260 g/mol. The molecule has 1 aliphatic heterocycles. The molecule has 4 heteroatoms. The van der Waals surface area contributed by atoms with Gasteiger partial charge in [-0.3, -0.25) is 4.79 Å². The summed E-state index contributed by atoms with van der Waals surface area (Å²) in [6.07, 6.45) is 3.46. The average molecular weight is 260 g/mol. The summed E-state index contributed by atoms with van der Waals surface area (Å²) < 4.78 is 5.52. The highest BCUT2D eigenvalue weighted by Gasteiger charge is 2.33. The molecule has 0 spiro atoms. The number of rotatable bonds is 2. The first-order valence-corrected chi connectivity index (χ1v) is 7.01. The predicted molar refractivity (Wildman–Crippen MR) is 72.6 cm³/mol. The molecule has 3 atom stereocenters. The topological polar surface area (TPSA) is 64.3 Å². The van der Waals surface area contributed by atoms with E-state index < -0.39 is 0 Å². The molecule has 1 heterocycles. The van der Waals surface area contributed by atoms with Gasteiger partial charge in [-0.15, -0.1) is 0 Å². The lowest BCUT2D eigenvalue weighted by molar-refractivity contribution is -0.136. The zero-order valence-corrected chi connectivity index (χ0v) is 11.0. The molecule has 4 nitrogen and oxygen atoms in total. The van der Waals surface area contributed by atoms with Crippen LogP contribution < -0.4 is 11.1 Å². The summed E-state index contributed by atoms with van der Waals surface area (Å²) in [5.74, 6) is -0.0168. The molecule has 102 valence electrons. The van der Waals surface area contributed by atoms with E-state index in [0.717, 1.165) is 31.2 Å². The van der Waals surface area contributed by atoms with Crippen LogP contribution >= 0.6 is 0 Å². The minimum absolute atomic E-state index is 0.0168. The van der Waals surface area contributed by atoms with Crippen molar-refractivity contribution in [3.05, 3.63) is 35.4 Å². The Morgan fingerprint density at radius 3 is 2.95 bits per heavy atom. The van der Waals surface area contributed by atoms with E-state index in [2.05, 4.69) is 17.4 Å². The molecule has 0 saturated carbocycles. The number of nitrogens with one attached hydrogen (secondary N) is 1. The third-order valence-corrected chi connectivity index (χ3v) is 4.04. The highest BCUT2D eigenvalue weighted by Crippen LogP contribution is 2.30. The van der Waals surface area contributed by atoms with Gasteiger partial charge in [0.05, 0.1) is 6.04 Å². The molecule has 1 saturated heterocycles. The van der Waals surface area contributed by atoms with Crippen molar-refractivity contribution in [3.8, 4) is 0 Å². The molecular formula is C15H20N2O2. The molecular weight excluding hydrogens is 240 g/mol. The van der Waals surface area contributed by atoms with Crippen LogP contribution in [-0.2, 0) is 16.0 Å². The Balaban J connectivity index is 1.71. The Kier molecular flexibility index (Phi) is 3.53. The lowest BCUT2D eigenvalue weighted by Gasteiger charge is -2.25. The van der Waals surface area contributed by atoms with E-state index in [1.54, 1.807) is 0 Å². The lowest BCUT2D eigenvalue weighted by atomic mass is 10.0. The van der Waals surface area contributed by atoms with E-state index in [-0.39, 0.29) is 24.1 Å². The van der Waals surface area contributed by atoms with Crippen LogP contribution in [0.4, 0.5) is 0 Å². The molecule has 1 aliphatic carbocycles. The number of benzene rings is 1. The molecule has 1 fully saturated rings. The average Bonchev–Trinajstić information content (AvgIpc) is 2.76. The van der Waals surface area contributed by atoms with Crippen LogP contribution in [0.1, 0.15) is 36.4 Å². The first kappa shape index (κ1) is 12.6. The van der Waals surface area contributed by atoms with Gasteiger partial charge >= 0.3 is 0 Å². The second-order valence-corrected chi connectivity index (χ2v) is 5.41. The van der Waals surface area contributed by atoms with E-state index >= 15 is 0 Å². The number of amides is 1. The Hall–Kier alpha value is -1.39. The zero-order valence-electron chi connectivity index (χ0n) is 11.0. The maximum atomic E-state index is 12.2. The van der Waals surface area contributed by atoms with Gasteiger partial charge in [-0.05, 0) is 36.8 Å². The highest BCUT2D eigenvalue weighted by molar-refractivity contribution is 5.81. The van der Waals surface area contributed by atoms with Crippen molar-refractivity contribution in [1.82, 2.24) is 5.32 Å². The minimum atomic E-state index is -0.297. The number of hydrogen-bond donors (Lipinski definition) is 2. The summed E-state index contributed by atoms with van der Waals surface area (Å²) in [4.78, 5) is 12.2. The van der Waals surface area contributed by atoms with E-state index in [1.807, 2.05) is 12.1 Å². The van der Waals surface area contributed by atoms with E-state index in [0.29, 0.717) is 6.61 Å². The van der Waals surface area contributed by atoms with Crippen molar-refractivity contribution in [1.29, 1.82) is 0 Å². The Morgan fingerprint density at radius 2 is 2.16 bits per heavy atom. The Bertz CT molecular complexity index is 469. The van der Waals surface area contributed by atoms with Crippen molar-refractivity contribution in [2.75, 3.05) is 6.61 Å². The van der Waals surface area contributed by atoms with Gasteiger partial charge in [-0.2, -0.15) is 0 Å². The smallest absolute Gasteiger partial charge is 0.249 e. The Labute approximate surface area is 113 Å². The van der Waals surface area contributed by atoms with Crippen LogP contribution in [0.15, 0.2) is 24.3 Å². The molecule has 1 aromatic rings. The quantitative estimate of drug-likeness (QED) is 0.842. The molecule has 2 aliphatic rings. The molecule has 1 amide bonds. The highest BCUT2D eigenvalue weighted by atomic mass is 16.5. The van der Waals surface area contributed by atoms with Gasteiger partial charge in [0, 0.05) is 12.6 Å². The summed E-state index contributed by atoms with van der Waals surface area (Å²) in [5, 5.41) is 3.07. The predicted octanol–water partition coefficient (Wildman–Crippen LogP) is 1.30. The van der Waals surface area contributed by atoms with Crippen LogP contribution in [0.3, 0.4) is 0 Å². The molecule has 0 bridgehead atoms. The fourth-order valence-electron chi connectivity index (χ4n) is 3.00. The first-order valence-electron chi connectivity index (χ1n) is 7.01. The molecule has 0 radical (unpaired) electrons. The summed E-state index contributed by atoms with van der Waals surface area (Å²) in [6, 6.07) is 8.03. The van der Waals surface area contributed by atoms with Crippen LogP contribution in [0.25, 0.3) is 0 Å². The van der Waals surface area contributed by atoms with Crippen molar-refractivity contribution in [3.63, 3.8) is 0 Å². The summed E-state index contributed by atoms with van der Waals surface area (Å²) in [5.41, 5.74) is 8.54. The van der Waals surface area contributed by atoms with Gasteiger partial charge in [0.25, 0.3) is 0 Å². The molecule has 3 unspecified atom stereocenters. The van der Waals surface area contributed by atoms with Gasteiger partial charge in [0.1, 0.15) is 6.10 Å². The SMILES string of the molecule is NC1Cc2ccccc2C1NC(=O)C1CCCCO1. The van der Waals surface area contributed by atoms with Crippen molar-refractivity contribution in [2.45, 2.75) is 43.9 Å². The van der Waals surface area contributed by atoms with Crippen LogP contribution in [0.5, 0.6) is 0 Å². The minimum Gasteiger partial charge on any atom is -0.368 e. The largest absolute Gasteiger partial charge is 0.368 e. The number of nitrogens with two attached hydrogens (primary N) is 1. The summed E-state index contributed by atoms with van der Waals surface area (Å²) >= 11 is 0. The van der Waals surface area contributed by atoms with Crippen LogP contribution in [-0.4, -0.2) is 24.7 Å². The zero-order chi connectivity index (χ0) is 13.2. The van der Waals surface area contributed by atoms with E-state index in [1.165, 1.54) is 5.56 Å². The fraction of sp³-hybridized carbons (Fsp3) is 0.533. The van der Waals surface area contributed by atoms with Gasteiger partial charge < -0.3 is 15.8 Å². The number of fused-ring (bicyclic) bond motifs is 1. The standard InChI is InChI=1S/C15H20N2O2/c16-12-9-10-5-1-2-6-11(10)14(12)17-15(18)13-7-3-4-8-19-13/h1-2,5-6,12-14H,3-4,7-9,16H2,(H,17,18). The van der Waals surface area contributed by atoms with Crippen molar-refractivity contribution < 1.29 is 9.53 Å². The van der Waals surface area contributed by atoms with Gasteiger partial charge in [0.15, 0.2) is 0 Å². The second kappa shape index (κ2) is 5.31. The normalized spacial score (nSPS) is 29.8. The summed E-state index contributed by atoms with van der Waals surface area (Å²) in [7, 11) is 0. The van der Waals surface area contributed by atoms with Gasteiger partial charge in [-0.1, -0.05) is 24.3 Å². The maximum absolute atomic E-state index is 12.2. The third-order valence-electron chi connectivity index (χ3n) is 4.04. The molecule has 19 heavy (non-hydrogen) atoms. The second-order valence-electron chi connectivity index (χ2n) is 5.41. The molecule has 3 rings (SSSR count). The van der Waals surface area contributed by atoms with E-state index in [4.69, 9.17) is 10.5 Å². The number of hydrogen-bond acceptors (Lipinski definition) is 3. The Morgan fingerprint density at radius 1 is 1.32 bits per heavy atom. The van der Waals surface area contributed by atoms with Gasteiger partial charge in [-0.25, -0.2) is 0 Å². The van der Waals surface area contributed by atoms with Crippen molar-refractivity contribution >= 4 is 5.91 Å². The van der Waals surface area contributed by atoms with Gasteiger partial charge in [0.2, 0.25) is 5.91 Å². The van der Waals surface area contributed by atoms with Crippen LogP contribution in [0, 0.1) is 0 Å². The first-order chi connectivity index (χ1) is 9.25. The lowest BCUT2D eigenvalue weighted by Crippen LogP contribution is -2.44. The van der Waals surface area contributed by atoms with Crippen molar-refractivity contribution in [2.24, 2.45) is 5.73 Å². The third kappa shape index (κ3) is 2.51. The molecule has 0 aromatic heterocycles. The maximum Gasteiger partial charge on any atom is 0.249 e.